The fraction of sp³-hybridized carbons (Fsp3) is 0.474. The number of fused-ring (bicyclic) bond motifs is 1. The van der Waals surface area contributed by atoms with Gasteiger partial charge in [-0.3, -0.25) is 14.8 Å². The van der Waals surface area contributed by atoms with Gasteiger partial charge < -0.3 is 16.0 Å². The molecule has 142 valence electrons. The van der Waals surface area contributed by atoms with Crippen molar-refractivity contribution >= 4 is 23.5 Å². The van der Waals surface area contributed by atoms with Crippen LogP contribution in [0.5, 0.6) is 0 Å². The molecule has 1 amide bonds. The molecule has 0 spiro atoms. The third kappa shape index (κ3) is 3.57. The first-order valence-corrected chi connectivity index (χ1v) is 9.43. The number of carbonyl (C=O) groups excluding carboxylic acids is 1. The van der Waals surface area contributed by atoms with Crippen LogP contribution in [0.25, 0.3) is 5.52 Å². The molecular weight excluding hydrogens is 342 g/mol. The van der Waals surface area contributed by atoms with Crippen molar-refractivity contribution in [2.24, 2.45) is 15.7 Å². The topological polar surface area (TPSA) is 100 Å². The van der Waals surface area contributed by atoms with E-state index in [0.29, 0.717) is 6.54 Å². The van der Waals surface area contributed by atoms with Gasteiger partial charge in [0.1, 0.15) is 17.9 Å². The van der Waals surface area contributed by atoms with E-state index in [1.165, 1.54) is 0 Å². The second kappa shape index (κ2) is 7.48. The molecule has 3 N–H and O–H groups in total. The maximum atomic E-state index is 11.9. The van der Waals surface area contributed by atoms with Crippen molar-refractivity contribution in [3.63, 3.8) is 0 Å². The van der Waals surface area contributed by atoms with Crippen LogP contribution < -0.4 is 11.1 Å². The zero-order valence-corrected chi connectivity index (χ0v) is 15.5. The van der Waals surface area contributed by atoms with Crippen LogP contribution in [0.4, 0.5) is 0 Å². The van der Waals surface area contributed by atoms with Crippen molar-refractivity contribution < 1.29 is 4.79 Å². The molecule has 3 atom stereocenters. The van der Waals surface area contributed by atoms with E-state index in [9.17, 15) is 4.79 Å². The number of nitrogens with one attached hydrogen (secondary N) is 1. The van der Waals surface area contributed by atoms with Crippen LogP contribution in [-0.2, 0) is 4.79 Å². The number of amides is 1. The molecule has 8 nitrogen and oxygen atoms in total. The Morgan fingerprint density at radius 1 is 1.41 bits per heavy atom. The van der Waals surface area contributed by atoms with Crippen LogP contribution >= 0.6 is 0 Å². The summed E-state index contributed by atoms with van der Waals surface area (Å²) in [7, 11) is 0. The predicted octanol–water partition coefficient (Wildman–Crippen LogP) is 0.786. The van der Waals surface area contributed by atoms with Gasteiger partial charge in [0.05, 0.1) is 18.3 Å². The summed E-state index contributed by atoms with van der Waals surface area (Å²) in [6.45, 7) is 3.53. The number of hydrogen-bond acceptors (Lipinski definition) is 6. The molecule has 2 aliphatic rings. The highest BCUT2D eigenvalue weighted by molar-refractivity contribution is 5.93. The minimum atomic E-state index is -0.158. The number of nitrogens with two attached hydrogens (primary N) is 1. The Labute approximate surface area is 158 Å². The fourth-order valence-corrected chi connectivity index (χ4v) is 3.72. The van der Waals surface area contributed by atoms with Crippen LogP contribution in [0.2, 0.25) is 0 Å². The summed E-state index contributed by atoms with van der Waals surface area (Å²) in [6.07, 6.45) is 7.64. The molecule has 4 rings (SSSR count). The average Bonchev–Trinajstić information content (AvgIpc) is 3.13. The molecule has 3 unspecified atom stereocenters. The van der Waals surface area contributed by atoms with E-state index < -0.39 is 0 Å². The lowest BCUT2D eigenvalue weighted by molar-refractivity contribution is -0.130. The van der Waals surface area contributed by atoms with Crippen LogP contribution in [-0.4, -0.2) is 64.2 Å². The van der Waals surface area contributed by atoms with Gasteiger partial charge in [-0.15, -0.1) is 0 Å². The number of hydrogen-bond donors (Lipinski definition) is 2. The molecule has 0 aromatic carbocycles. The summed E-state index contributed by atoms with van der Waals surface area (Å²) in [6, 6.07) is 5.98. The van der Waals surface area contributed by atoms with Gasteiger partial charge in [0.15, 0.2) is 0 Å². The molecule has 2 aromatic heterocycles. The monoisotopic (exact) mass is 367 g/mol. The first-order chi connectivity index (χ1) is 13.2. The lowest BCUT2D eigenvalue weighted by Gasteiger charge is -2.34. The highest BCUT2D eigenvalue weighted by Crippen LogP contribution is 2.24. The number of likely N-dealkylation sites (tertiary alicyclic amines) is 1. The Hall–Kier alpha value is -2.74. The second-order valence-corrected chi connectivity index (χ2v) is 7.09. The van der Waals surface area contributed by atoms with Crippen molar-refractivity contribution in [2.45, 2.75) is 37.9 Å². The Bertz CT molecular complexity index is 887. The second-order valence-electron chi connectivity index (χ2n) is 7.09. The third-order valence-electron chi connectivity index (χ3n) is 5.20. The Kier molecular flexibility index (Phi) is 4.89. The summed E-state index contributed by atoms with van der Waals surface area (Å²) >= 11 is 0. The molecule has 0 saturated carbocycles. The first kappa shape index (κ1) is 17.7. The van der Waals surface area contributed by atoms with Gasteiger partial charge in [-0.25, -0.2) is 4.52 Å². The Morgan fingerprint density at radius 2 is 2.30 bits per heavy atom. The van der Waals surface area contributed by atoms with Crippen molar-refractivity contribution in [1.82, 2.24) is 19.8 Å². The molecule has 1 saturated heterocycles. The molecule has 0 aliphatic carbocycles. The molecule has 8 heteroatoms. The summed E-state index contributed by atoms with van der Waals surface area (Å²) in [5.41, 5.74) is 7.58. The summed E-state index contributed by atoms with van der Waals surface area (Å²) in [5, 5.41) is 7.93. The van der Waals surface area contributed by atoms with E-state index in [1.54, 1.807) is 0 Å². The quantitative estimate of drug-likeness (QED) is 0.837. The van der Waals surface area contributed by atoms with Gasteiger partial charge in [-0.05, 0) is 31.9 Å². The number of piperidine rings is 1. The maximum absolute atomic E-state index is 11.9. The predicted molar refractivity (Wildman–Crippen MR) is 105 cm³/mol. The minimum absolute atomic E-state index is 0.00221. The van der Waals surface area contributed by atoms with Crippen LogP contribution in [0.15, 0.2) is 40.6 Å². The van der Waals surface area contributed by atoms with E-state index in [2.05, 4.69) is 15.4 Å². The van der Waals surface area contributed by atoms with Crippen molar-refractivity contribution in [3.05, 3.63) is 36.2 Å². The number of aliphatic imine (C=N–C) groups is 2. The van der Waals surface area contributed by atoms with Gasteiger partial charge in [0.25, 0.3) is 0 Å². The Morgan fingerprint density at radius 3 is 3.15 bits per heavy atom. The molecule has 0 radical (unpaired) electrons. The smallest absolute Gasteiger partial charge is 0.236 e. The SMILES string of the molecule is CC1N=CC(c2cnn3ccccc23)N=C1NC1CCCN(C(=O)CN)C1. The minimum Gasteiger partial charge on any atom is -0.367 e. The Balaban J connectivity index is 1.52. The standard InChI is InChI=1S/C19H25N7O/c1-13-19(23-14-5-4-7-25(12-14)18(27)9-20)24-16(11-21-13)15-10-22-26-8-3-2-6-17(15)26/h2-3,6,8,10-11,13-14,16H,4-5,7,9,12,20H2,1H3,(H,23,24). The third-order valence-corrected chi connectivity index (χ3v) is 5.20. The maximum Gasteiger partial charge on any atom is 0.236 e. The van der Waals surface area contributed by atoms with Crippen LogP contribution in [0.3, 0.4) is 0 Å². The lowest BCUT2D eigenvalue weighted by atomic mass is 10.0. The zero-order chi connectivity index (χ0) is 18.8. The van der Waals surface area contributed by atoms with Gasteiger partial charge in [-0.2, -0.15) is 5.10 Å². The molecule has 1 fully saturated rings. The van der Waals surface area contributed by atoms with Crippen molar-refractivity contribution in [1.29, 1.82) is 0 Å². The van der Waals surface area contributed by atoms with E-state index in [0.717, 1.165) is 36.3 Å². The average molecular weight is 367 g/mol. The fourth-order valence-electron chi connectivity index (χ4n) is 3.72. The van der Waals surface area contributed by atoms with Crippen LogP contribution in [0.1, 0.15) is 31.4 Å². The number of amidine groups is 1. The highest BCUT2D eigenvalue weighted by atomic mass is 16.2. The molecule has 0 bridgehead atoms. The van der Waals surface area contributed by atoms with Crippen molar-refractivity contribution in [3.8, 4) is 0 Å². The van der Waals surface area contributed by atoms with Crippen LogP contribution in [0, 0.1) is 0 Å². The number of rotatable bonds is 3. The van der Waals surface area contributed by atoms with Gasteiger partial charge >= 0.3 is 0 Å². The zero-order valence-electron chi connectivity index (χ0n) is 15.5. The number of carbonyl (C=O) groups is 1. The molecule has 4 heterocycles. The van der Waals surface area contributed by atoms with E-state index in [1.807, 2.05) is 53.1 Å². The summed E-state index contributed by atoms with van der Waals surface area (Å²) < 4.78 is 1.85. The van der Waals surface area contributed by atoms with Gasteiger partial charge in [-0.1, -0.05) is 6.07 Å². The molecule has 2 aromatic rings. The number of pyridine rings is 1. The number of aromatic nitrogens is 2. The first-order valence-electron chi connectivity index (χ1n) is 9.43. The lowest BCUT2D eigenvalue weighted by Crippen LogP contribution is -2.52. The van der Waals surface area contributed by atoms with Gasteiger partial charge in [0, 0.05) is 37.1 Å². The summed E-state index contributed by atoms with van der Waals surface area (Å²) in [5.74, 6) is 0.868. The molecule has 27 heavy (non-hydrogen) atoms. The van der Waals surface area contributed by atoms with Gasteiger partial charge in [0.2, 0.25) is 5.91 Å². The van der Waals surface area contributed by atoms with E-state index >= 15 is 0 Å². The van der Waals surface area contributed by atoms with E-state index in [-0.39, 0.29) is 30.6 Å². The summed E-state index contributed by atoms with van der Waals surface area (Å²) in [4.78, 5) is 23.3. The van der Waals surface area contributed by atoms with Crippen molar-refractivity contribution in [2.75, 3.05) is 19.6 Å². The largest absolute Gasteiger partial charge is 0.367 e. The van der Waals surface area contributed by atoms with E-state index in [4.69, 9.17) is 10.7 Å². The molecule has 2 aliphatic heterocycles. The number of nitrogens with zero attached hydrogens (tertiary/aromatic N) is 5. The highest BCUT2D eigenvalue weighted by Gasteiger charge is 2.27. The molecular formula is C19H25N7O. The normalized spacial score (nSPS) is 25.5.